The quantitative estimate of drug-likeness (QED) is 0.745. The Morgan fingerprint density at radius 2 is 2.17 bits per heavy atom. The number of hydrogen-bond donors (Lipinski definition) is 2. The summed E-state index contributed by atoms with van der Waals surface area (Å²) in [5.41, 5.74) is 0.933. The van der Waals surface area contributed by atoms with Gasteiger partial charge in [-0.2, -0.15) is 9.47 Å². The molecule has 0 aliphatic rings. The smallest absolute Gasteiger partial charge is 0.149 e. The molecule has 18 heavy (non-hydrogen) atoms. The Labute approximate surface area is 107 Å². The molecule has 0 aromatic carbocycles. The number of fused-ring (bicyclic) bond motifs is 1. The molecule has 0 fully saturated rings. The van der Waals surface area contributed by atoms with Crippen LogP contribution in [0.2, 0.25) is 0 Å². The lowest BCUT2D eigenvalue weighted by molar-refractivity contribution is 0.791. The zero-order valence-corrected chi connectivity index (χ0v) is 10.7. The SMILES string of the molecule is Cc1nsc2ncnc(NC(C)c3ncn[nH]3)c12. The van der Waals surface area contributed by atoms with Crippen LogP contribution in [0.3, 0.4) is 0 Å². The van der Waals surface area contributed by atoms with Gasteiger partial charge in [0.05, 0.1) is 17.1 Å². The number of aromatic nitrogens is 6. The lowest BCUT2D eigenvalue weighted by atomic mass is 10.2. The number of aryl methyl sites for hydroxylation is 1. The summed E-state index contributed by atoms with van der Waals surface area (Å²) < 4.78 is 4.29. The Bertz CT molecular complexity index is 660. The van der Waals surface area contributed by atoms with Gasteiger partial charge in [0.2, 0.25) is 0 Å². The molecule has 92 valence electrons. The fourth-order valence-electron chi connectivity index (χ4n) is 1.73. The fraction of sp³-hybridized carbons (Fsp3) is 0.300. The normalized spacial score (nSPS) is 12.8. The third-order valence-corrected chi connectivity index (χ3v) is 3.49. The van der Waals surface area contributed by atoms with Crippen LogP contribution in [-0.4, -0.2) is 29.5 Å². The summed E-state index contributed by atoms with van der Waals surface area (Å²) in [6.45, 7) is 3.94. The molecule has 0 saturated carbocycles. The van der Waals surface area contributed by atoms with Crippen LogP contribution in [0, 0.1) is 6.92 Å². The first kappa shape index (κ1) is 11.0. The maximum Gasteiger partial charge on any atom is 0.149 e. The highest BCUT2D eigenvalue weighted by molar-refractivity contribution is 7.13. The summed E-state index contributed by atoms with van der Waals surface area (Å²) in [5.74, 6) is 1.54. The van der Waals surface area contributed by atoms with Gasteiger partial charge in [-0.05, 0) is 25.4 Å². The average molecular weight is 261 g/mol. The predicted molar refractivity (Wildman–Crippen MR) is 68.4 cm³/mol. The fourth-order valence-corrected chi connectivity index (χ4v) is 2.47. The second kappa shape index (κ2) is 4.30. The molecule has 1 unspecified atom stereocenters. The van der Waals surface area contributed by atoms with E-state index < -0.39 is 0 Å². The first-order valence-electron chi connectivity index (χ1n) is 5.44. The Morgan fingerprint density at radius 3 is 2.94 bits per heavy atom. The van der Waals surface area contributed by atoms with Gasteiger partial charge in [0, 0.05) is 0 Å². The topological polar surface area (TPSA) is 92.3 Å². The zero-order valence-electron chi connectivity index (χ0n) is 9.88. The maximum absolute atomic E-state index is 4.29. The summed E-state index contributed by atoms with van der Waals surface area (Å²) >= 11 is 1.38. The molecular weight excluding hydrogens is 250 g/mol. The van der Waals surface area contributed by atoms with E-state index in [4.69, 9.17) is 0 Å². The molecule has 3 aromatic heterocycles. The van der Waals surface area contributed by atoms with Crippen molar-refractivity contribution in [3.05, 3.63) is 24.2 Å². The van der Waals surface area contributed by atoms with Crippen molar-refractivity contribution in [1.82, 2.24) is 29.5 Å². The molecule has 3 rings (SSSR count). The first-order valence-corrected chi connectivity index (χ1v) is 6.22. The summed E-state index contributed by atoms with van der Waals surface area (Å²) in [6.07, 6.45) is 3.02. The molecule has 0 radical (unpaired) electrons. The lowest BCUT2D eigenvalue weighted by Gasteiger charge is -2.12. The lowest BCUT2D eigenvalue weighted by Crippen LogP contribution is -2.10. The van der Waals surface area contributed by atoms with E-state index in [-0.39, 0.29) is 6.04 Å². The largest absolute Gasteiger partial charge is 0.360 e. The molecule has 0 saturated heterocycles. The number of hydrogen-bond acceptors (Lipinski definition) is 7. The van der Waals surface area contributed by atoms with Gasteiger partial charge in [0.25, 0.3) is 0 Å². The van der Waals surface area contributed by atoms with Crippen molar-refractivity contribution < 1.29 is 0 Å². The van der Waals surface area contributed by atoms with Crippen LogP contribution in [0.5, 0.6) is 0 Å². The third-order valence-electron chi connectivity index (χ3n) is 2.64. The van der Waals surface area contributed by atoms with Crippen LogP contribution in [-0.2, 0) is 0 Å². The molecule has 0 bridgehead atoms. The first-order chi connectivity index (χ1) is 8.75. The molecule has 0 amide bonds. The van der Waals surface area contributed by atoms with Gasteiger partial charge in [0.1, 0.15) is 29.1 Å². The van der Waals surface area contributed by atoms with Crippen LogP contribution in [0.15, 0.2) is 12.7 Å². The van der Waals surface area contributed by atoms with Crippen LogP contribution in [0.25, 0.3) is 10.2 Å². The molecular formula is C10H11N7S. The van der Waals surface area contributed by atoms with Gasteiger partial charge in [-0.15, -0.1) is 0 Å². The van der Waals surface area contributed by atoms with Crippen LogP contribution < -0.4 is 5.32 Å². The van der Waals surface area contributed by atoms with Gasteiger partial charge >= 0.3 is 0 Å². The summed E-state index contributed by atoms with van der Waals surface area (Å²) in [7, 11) is 0. The van der Waals surface area contributed by atoms with E-state index >= 15 is 0 Å². The number of anilines is 1. The van der Waals surface area contributed by atoms with E-state index in [0.717, 1.165) is 27.6 Å². The van der Waals surface area contributed by atoms with Gasteiger partial charge in [-0.3, -0.25) is 5.10 Å². The van der Waals surface area contributed by atoms with E-state index in [0.29, 0.717) is 0 Å². The van der Waals surface area contributed by atoms with E-state index in [2.05, 4.69) is 34.8 Å². The summed E-state index contributed by atoms with van der Waals surface area (Å²) in [6, 6.07) is -0.00935. The monoisotopic (exact) mass is 261 g/mol. The number of H-pyrrole nitrogens is 1. The maximum atomic E-state index is 4.29. The Kier molecular flexibility index (Phi) is 2.63. The highest BCUT2D eigenvalue weighted by Gasteiger charge is 2.14. The van der Waals surface area contributed by atoms with Crippen LogP contribution >= 0.6 is 11.5 Å². The number of nitrogens with one attached hydrogen (secondary N) is 2. The minimum atomic E-state index is -0.00935. The van der Waals surface area contributed by atoms with E-state index in [9.17, 15) is 0 Å². The second-order valence-electron chi connectivity index (χ2n) is 3.91. The van der Waals surface area contributed by atoms with Gasteiger partial charge < -0.3 is 5.32 Å². The molecule has 8 heteroatoms. The van der Waals surface area contributed by atoms with E-state index in [1.54, 1.807) is 0 Å². The molecule has 0 aliphatic heterocycles. The minimum Gasteiger partial charge on any atom is -0.360 e. The molecule has 1 atom stereocenters. The summed E-state index contributed by atoms with van der Waals surface area (Å²) in [4.78, 5) is 13.5. The average Bonchev–Trinajstić information content (AvgIpc) is 3.00. The van der Waals surface area contributed by atoms with Gasteiger partial charge in [-0.25, -0.2) is 15.0 Å². The van der Waals surface area contributed by atoms with Crippen LogP contribution in [0.4, 0.5) is 5.82 Å². The summed E-state index contributed by atoms with van der Waals surface area (Å²) in [5, 5.41) is 10.9. The van der Waals surface area contributed by atoms with Gasteiger partial charge in [-0.1, -0.05) is 0 Å². The predicted octanol–water partition coefficient (Wildman–Crippen LogP) is 1.69. The molecule has 2 N–H and O–H groups in total. The van der Waals surface area contributed by atoms with Crippen molar-refractivity contribution in [1.29, 1.82) is 0 Å². The van der Waals surface area contributed by atoms with Crippen molar-refractivity contribution >= 4 is 27.6 Å². The van der Waals surface area contributed by atoms with Crippen molar-refractivity contribution in [3.8, 4) is 0 Å². The number of rotatable bonds is 3. The zero-order chi connectivity index (χ0) is 12.5. The molecule has 7 nitrogen and oxygen atoms in total. The Hall–Kier alpha value is -2.09. The van der Waals surface area contributed by atoms with Crippen molar-refractivity contribution in [2.24, 2.45) is 0 Å². The van der Waals surface area contributed by atoms with Crippen molar-refractivity contribution in [2.45, 2.75) is 19.9 Å². The highest BCUT2D eigenvalue weighted by atomic mass is 32.1. The van der Waals surface area contributed by atoms with E-state index in [1.165, 1.54) is 24.2 Å². The molecule has 0 spiro atoms. The molecule has 3 aromatic rings. The highest BCUT2D eigenvalue weighted by Crippen LogP contribution is 2.27. The van der Waals surface area contributed by atoms with Crippen molar-refractivity contribution in [2.75, 3.05) is 5.32 Å². The number of aromatic amines is 1. The van der Waals surface area contributed by atoms with Crippen molar-refractivity contribution in [3.63, 3.8) is 0 Å². The van der Waals surface area contributed by atoms with Crippen LogP contribution in [0.1, 0.15) is 24.5 Å². The third kappa shape index (κ3) is 1.80. The number of nitrogens with zero attached hydrogens (tertiary/aromatic N) is 5. The molecule has 3 heterocycles. The van der Waals surface area contributed by atoms with E-state index in [1.807, 2.05) is 13.8 Å². The van der Waals surface area contributed by atoms with Gasteiger partial charge in [0.15, 0.2) is 0 Å². The Balaban J connectivity index is 1.97. The minimum absolute atomic E-state index is 0.00935. The standard InChI is InChI=1S/C10H11N7S/c1-5-7-9(11-3-13-10(7)18-17-5)15-6(2)8-12-4-14-16-8/h3-4,6H,1-2H3,(H,11,13,15)(H,12,14,16). The second-order valence-corrected chi connectivity index (χ2v) is 4.66. The Morgan fingerprint density at radius 1 is 1.28 bits per heavy atom. The molecule has 0 aliphatic carbocycles.